The molecule has 0 saturated carbocycles. The molecule has 5 N–H and O–H groups in total. The van der Waals surface area contributed by atoms with Crippen molar-refractivity contribution in [1.82, 2.24) is 20.5 Å². The molecule has 28 heavy (non-hydrogen) atoms. The Balaban J connectivity index is 1.66. The van der Waals surface area contributed by atoms with Crippen LogP contribution in [0, 0.1) is 0 Å². The van der Waals surface area contributed by atoms with Gasteiger partial charge in [-0.3, -0.25) is 5.10 Å². The van der Waals surface area contributed by atoms with Crippen molar-refractivity contribution < 1.29 is 0 Å². The van der Waals surface area contributed by atoms with Crippen molar-refractivity contribution in [3.8, 4) is 11.3 Å². The Morgan fingerprint density at radius 3 is 2.61 bits per heavy atom. The zero-order valence-corrected chi connectivity index (χ0v) is 16.5. The fourth-order valence-corrected chi connectivity index (χ4v) is 4.66. The largest absolute Gasteiger partial charge is 0.382 e. The van der Waals surface area contributed by atoms with Crippen LogP contribution in [-0.2, 0) is 0 Å². The lowest BCUT2D eigenvalue weighted by Crippen LogP contribution is -2.26. The first-order valence-electron chi connectivity index (χ1n) is 10.2. The molecule has 5 nitrogen and oxygen atoms in total. The summed E-state index contributed by atoms with van der Waals surface area (Å²) >= 11 is 0. The van der Waals surface area contributed by atoms with Gasteiger partial charge in [-0.05, 0) is 73.2 Å². The second-order valence-electron chi connectivity index (χ2n) is 8.27. The normalized spacial score (nSPS) is 15.8. The number of hydrogen-bond acceptors (Lipinski definition) is 3. The average Bonchev–Trinajstić information content (AvgIpc) is 3.28. The molecule has 2 aromatic heterocycles. The topological polar surface area (TPSA) is 82.5 Å². The maximum Gasteiger partial charge on any atom is 0.153 e. The number of aromatic amines is 2. The molecule has 2 aromatic carbocycles. The number of nitrogens with two attached hydrogens (primary N) is 1. The highest BCUT2D eigenvalue weighted by Crippen LogP contribution is 2.38. The lowest BCUT2D eigenvalue weighted by Gasteiger charge is -2.23. The van der Waals surface area contributed by atoms with Gasteiger partial charge in [0.05, 0.1) is 11.2 Å². The van der Waals surface area contributed by atoms with Gasteiger partial charge in [0.15, 0.2) is 5.82 Å². The van der Waals surface area contributed by atoms with Crippen LogP contribution in [0.4, 0.5) is 5.82 Å². The Morgan fingerprint density at radius 2 is 1.82 bits per heavy atom. The molecule has 0 amide bonds. The number of nitrogen functional groups attached to an aromatic ring is 1. The standard InChI is InChI=1S/C23H27N5/c1-13(2)21-18-11-15(14-7-9-25-10-8-14)4-6-19(18)26-22(21)16-3-5-17-20(12-16)27-28-23(17)24/h3-6,11-14,25-26H,7-10H2,1-2H3,(H3,24,27,28). The highest BCUT2D eigenvalue weighted by Gasteiger charge is 2.20. The Bertz CT molecular complexity index is 1140. The van der Waals surface area contributed by atoms with E-state index in [1.54, 1.807) is 0 Å². The van der Waals surface area contributed by atoms with Gasteiger partial charge in [0.1, 0.15) is 0 Å². The van der Waals surface area contributed by atoms with Gasteiger partial charge in [0.25, 0.3) is 0 Å². The van der Waals surface area contributed by atoms with E-state index in [-0.39, 0.29) is 0 Å². The third kappa shape index (κ3) is 2.78. The van der Waals surface area contributed by atoms with E-state index >= 15 is 0 Å². The molecular weight excluding hydrogens is 346 g/mol. The number of fused-ring (bicyclic) bond motifs is 2. The van der Waals surface area contributed by atoms with Gasteiger partial charge in [0.2, 0.25) is 0 Å². The molecule has 1 aliphatic heterocycles. The second kappa shape index (κ2) is 6.67. The quantitative estimate of drug-likeness (QED) is 0.413. The summed E-state index contributed by atoms with van der Waals surface area (Å²) in [6, 6.07) is 13.3. The highest BCUT2D eigenvalue weighted by atomic mass is 15.1. The first-order valence-corrected chi connectivity index (χ1v) is 10.2. The summed E-state index contributed by atoms with van der Waals surface area (Å²) in [7, 11) is 0. The predicted molar refractivity (Wildman–Crippen MR) is 117 cm³/mol. The second-order valence-corrected chi connectivity index (χ2v) is 8.27. The summed E-state index contributed by atoms with van der Waals surface area (Å²) in [5.74, 6) is 1.64. The molecule has 5 heteroatoms. The molecule has 1 aliphatic rings. The zero-order chi connectivity index (χ0) is 19.3. The number of piperidine rings is 1. The van der Waals surface area contributed by atoms with E-state index in [0.29, 0.717) is 17.7 Å². The summed E-state index contributed by atoms with van der Waals surface area (Å²) in [5.41, 5.74) is 13.3. The number of rotatable bonds is 3. The molecule has 0 unspecified atom stereocenters. The minimum absolute atomic E-state index is 0.426. The van der Waals surface area contributed by atoms with Crippen LogP contribution in [0.1, 0.15) is 49.7 Å². The Hall–Kier alpha value is -2.79. The number of H-pyrrole nitrogens is 2. The van der Waals surface area contributed by atoms with E-state index in [9.17, 15) is 0 Å². The Kier molecular flexibility index (Phi) is 4.13. The van der Waals surface area contributed by atoms with Crippen molar-refractivity contribution in [2.45, 2.75) is 38.5 Å². The van der Waals surface area contributed by atoms with Gasteiger partial charge in [-0.2, -0.15) is 5.10 Å². The van der Waals surface area contributed by atoms with Crippen LogP contribution >= 0.6 is 0 Å². The summed E-state index contributed by atoms with van der Waals surface area (Å²) in [6.45, 7) is 6.78. The summed E-state index contributed by atoms with van der Waals surface area (Å²) < 4.78 is 0. The Labute approximate surface area is 164 Å². The maximum absolute atomic E-state index is 5.94. The zero-order valence-electron chi connectivity index (χ0n) is 16.5. The molecule has 144 valence electrons. The van der Waals surface area contributed by atoms with E-state index in [0.717, 1.165) is 24.0 Å². The van der Waals surface area contributed by atoms with Gasteiger partial charge < -0.3 is 16.0 Å². The lowest BCUT2D eigenvalue weighted by atomic mass is 9.88. The lowest BCUT2D eigenvalue weighted by molar-refractivity contribution is 0.460. The third-order valence-corrected chi connectivity index (χ3v) is 6.13. The van der Waals surface area contributed by atoms with Crippen LogP contribution in [0.5, 0.6) is 0 Å². The van der Waals surface area contributed by atoms with E-state index in [4.69, 9.17) is 5.73 Å². The van der Waals surface area contributed by atoms with Crippen molar-refractivity contribution in [3.63, 3.8) is 0 Å². The van der Waals surface area contributed by atoms with Crippen LogP contribution in [-0.4, -0.2) is 28.3 Å². The van der Waals surface area contributed by atoms with Crippen molar-refractivity contribution >= 4 is 27.6 Å². The van der Waals surface area contributed by atoms with Crippen LogP contribution < -0.4 is 11.1 Å². The van der Waals surface area contributed by atoms with E-state index in [1.165, 1.54) is 46.1 Å². The highest BCUT2D eigenvalue weighted by molar-refractivity contribution is 5.95. The molecule has 0 atom stereocenters. The minimum atomic E-state index is 0.426. The van der Waals surface area contributed by atoms with Crippen LogP contribution in [0.3, 0.4) is 0 Å². The fraction of sp³-hybridized carbons (Fsp3) is 0.348. The van der Waals surface area contributed by atoms with Crippen molar-refractivity contribution in [1.29, 1.82) is 0 Å². The molecule has 0 aliphatic carbocycles. The molecule has 3 heterocycles. The third-order valence-electron chi connectivity index (χ3n) is 6.13. The van der Waals surface area contributed by atoms with Crippen molar-refractivity contribution in [2.24, 2.45) is 0 Å². The number of aromatic nitrogens is 3. The molecule has 1 fully saturated rings. The first-order chi connectivity index (χ1) is 13.6. The number of nitrogens with zero attached hydrogens (tertiary/aromatic N) is 1. The monoisotopic (exact) mass is 373 g/mol. The molecule has 0 radical (unpaired) electrons. The maximum atomic E-state index is 5.94. The first kappa shape index (κ1) is 17.3. The summed E-state index contributed by atoms with van der Waals surface area (Å²) in [4.78, 5) is 3.69. The van der Waals surface area contributed by atoms with Gasteiger partial charge >= 0.3 is 0 Å². The predicted octanol–water partition coefficient (Wildman–Crippen LogP) is 4.88. The molecule has 0 bridgehead atoms. The van der Waals surface area contributed by atoms with Gasteiger partial charge in [0, 0.05) is 21.9 Å². The van der Waals surface area contributed by atoms with Gasteiger partial charge in [-0.15, -0.1) is 0 Å². The van der Waals surface area contributed by atoms with Gasteiger partial charge in [-0.25, -0.2) is 0 Å². The van der Waals surface area contributed by atoms with E-state index < -0.39 is 0 Å². The van der Waals surface area contributed by atoms with Crippen LogP contribution in [0.25, 0.3) is 33.1 Å². The molecule has 4 aromatic rings. The minimum Gasteiger partial charge on any atom is -0.382 e. The molecule has 1 saturated heterocycles. The Morgan fingerprint density at radius 1 is 1.00 bits per heavy atom. The van der Waals surface area contributed by atoms with Crippen LogP contribution in [0.15, 0.2) is 36.4 Å². The molecule has 5 rings (SSSR count). The molecular formula is C23H27N5. The molecule has 0 spiro atoms. The van der Waals surface area contributed by atoms with Crippen LogP contribution in [0.2, 0.25) is 0 Å². The number of anilines is 1. The smallest absolute Gasteiger partial charge is 0.153 e. The van der Waals surface area contributed by atoms with E-state index in [2.05, 4.69) is 70.7 Å². The van der Waals surface area contributed by atoms with Crippen molar-refractivity contribution in [3.05, 3.63) is 47.5 Å². The number of nitrogens with one attached hydrogen (secondary N) is 3. The van der Waals surface area contributed by atoms with Crippen molar-refractivity contribution in [2.75, 3.05) is 18.8 Å². The average molecular weight is 374 g/mol. The summed E-state index contributed by atoms with van der Waals surface area (Å²) in [5, 5.41) is 13.0. The van der Waals surface area contributed by atoms with E-state index in [1.807, 2.05) is 0 Å². The fourth-order valence-electron chi connectivity index (χ4n) is 4.66. The number of hydrogen-bond donors (Lipinski definition) is 4. The SMILES string of the molecule is CC(C)c1c(-c2ccc3c(N)n[nH]c3c2)[nH]c2ccc(C3CCNCC3)cc12. The summed E-state index contributed by atoms with van der Waals surface area (Å²) in [6.07, 6.45) is 2.44. The van der Waals surface area contributed by atoms with Gasteiger partial charge in [-0.1, -0.05) is 26.0 Å². The number of benzene rings is 2.